The third kappa shape index (κ3) is 6.48. The minimum atomic E-state index is -0.615. The second-order valence-corrected chi connectivity index (χ2v) is 10.8. The van der Waals surface area contributed by atoms with Crippen molar-refractivity contribution in [2.45, 2.75) is 24.8 Å². The van der Waals surface area contributed by atoms with Crippen LogP contribution in [0.2, 0.25) is 5.02 Å². The zero-order chi connectivity index (χ0) is 29.1. The highest BCUT2D eigenvalue weighted by Gasteiger charge is 2.42. The Kier molecular flexibility index (Phi) is 8.49. The minimum absolute atomic E-state index is 0.0289. The van der Waals surface area contributed by atoms with Gasteiger partial charge in [-0.2, -0.15) is 0 Å². The lowest BCUT2D eigenvalue weighted by molar-refractivity contribution is -0.136. The van der Waals surface area contributed by atoms with E-state index in [9.17, 15) is 23.2 Å². The van der Waals surface area contributed by atoms with Crippen molar-refractivity contribution >= 4 is 29.5 Å². The number of carbonyl (C=O) groups is 3. The van der Waals surface area contributed by atoms with Crippen LogP contribution in [0.4, 0.5) is 13.6 Å². The molecule has 41 heavy (non-hydrogen) atoms. The van der Waals surface area contributed by atoms with E-state index in [0.717, 1.165) is 11.8 Å². The van der Waals surface area contributed by atoms with Crippen molar-refractivity contribution in [1.82, 2.24) is 19.7 Å². The fourth-order valence-electron chi connectivity index (χ4n) is 5.46. The molecule has 0 aliphatic carbocycles. The van der Waals surface area contributed by atoms with Crippen molar-refractivity contribution in [3.8, 4) is 5.75 Å². The maximum atomic E-state index is 13.7. The van der Waals surface area contributed by atoms with E-state index in [0.29, 0.717) is 44.0 Å². The average Bonchev–Trinajstić information content (AvgIpc) is 3.43. The van der Waals surface area contributed by atoms with Crippen LogP contribution in [0.5, 0.6) is 5.75 Å². The molecule has 0 unspecified atom stereocenters. The van der Waals surface area contributed by atoms with E-state index in [4.69, 9.17) is 16.3 Å². The fraction of sp³-hybridized carbons (Fsp3) is 0.333. The number of hydrogen-bond donors (Lipinski definition) is 0. The van der Waals surface area contributed by atoms with Crippen molar-refractivity contribution in [1.29, 1.82) is 0 Å². The lowest BCUT2D eigenvalue weighted by atomic mass is 9.93. The molecule has 214 valence electrons. The molecule has 2 saturated heterocycles. The standard InChI is InChI=1S/C30H29ClF2N4O4/c1-35(30(40)41-24-9-6-22(32)7-10-24)27-18-37(17-25(27)19-2-4-21(31)5-3-19)28(38)20-12-14-36(15-13-20)29(39)26-11-8-23(33)16-34-26/h2-11,16,20,25,27H,12-15,17-18H2,1H3/t25-,27+/m0/s1. The SMILES string of the molecule is CN(C(=O)Oc1ccc(F)cc1)[C@@H]1CN(C(=O)C2CCN(C(=O)c3ccc(F)cn3)CC2)C[C@H]1c1ccc(Cl)cc1. The highest BCUT2D eigenvalue weighted by atomic mass is 35.5. The Morgan fingerprint density at radius 1 is 0.902 bits per heavy atom. The molecule has 0 spiro atoms. The average molecular weight is 583 g/mol. The van der Waals surface area contributed by atoms with Crippen molar-refractivity contribution in [2.24, 2.45) is 5.92 Å². The molecule has 3 amide bonds. The zero-order valence-corrected chi connectivity index (χ0v) is 23.1. The summed E-state index contributed by atoms with van der Waals surface area (Å²) in [5, 5.41) is 0.581. The maximum Gasteiger partial charge on any atom is 0.415 e. The number of hydrogen-bond acceptors (Lipinski definition) is 5. The van der Waals surface area contributed by atoms with Gasteiger partial charge in [0.15, 0.2) is 0 Å². The number of nitrogens with zero attached hydrogens (tertiary/aromatic N) is 4. The summed E-state index contributed by atoms with van der Waals surface area (Å²) in [6, 6.07) is 14.7. The van der Waals surface area contributed by atoms with Crippen LogP contribution in [0.1, 0.15) is 34.8 Å². The van der Waals surface area contributed by atoms with Gasteiger partial charge in [-0.25, -0.2) is 18.6 Å². The first-order valence-corrected chi connectivity index (χ1v) is 13.7. The third-order valence-electron chi connectivity index (χ3n) is 7.78. The molecule has 2 fully saturated rings. The quantitative estimate of drug-likeness (QED) is 0.423. The molecule has 11 heteroatoms. The van der Waals surface area contributed by atoms with E-state index < -0.39 is 17.7 Å². The second-order valence-electron chi connectivity index (χ2n) is 10.3. The number of carbonyl (C=O) groups excluding carboxylic acids is 3. The first-order chi connectivity index (χ1) is 19.7. The lowest BCUT2D eigenvalue weighted by Crippen LogP contribution is -2.46. The van der Waals surface area contributed by atoms with Gasteiger partial charge in [0.05, 0.1) is 12.2 Å². The number of piperidine rings is 1. The van der Waals surface area contributed by atoms with Crippen LogP contribution in [0.3, 0.4) is 0 Å². The summed E-state index contributed by atoms with van der Waals surface area (Å²) in [5.74, 6) is -1.52. The number of likely N-dealkylation sites (tertiary alicyclic amines) is 2. The Labute approximate surface area is 241 Å². The molecule has 5 rings (SSSR count). The smallest absolute Gasteiger partial charge is 0.410 e. The molecule has 3 aromatic rings. The number of ether oxygens (including phenoxy) is 1. The molecule has 2 aliphatic rings. The Morgan fingerprint density at radius 2 is 1.56 bits per heavy atom. The number of likely N-dealkylation sites (N-methyl/N-ethyl adjacent to an activating group) is 1. The highest BCUT2D eigenvalue weighted by Crippen LogP contribution is 2.34. The minimum Gasteiger partial charge on any atom is -0.410 e. The van der Waals surface area contributed by atoms with Crippen molar-refractivity contribution < 1.29 is 27.9 Å². The third-order valence-corrected chi connectivity index (χ3v) is 8.03. The van der Waals surface area contributed by atoms with Gasteiger partial charge in [0.1, 0.15) is 23.1 Å². The van der Waals surface area contributed by atoms with Gasteiger partial charge < -0.3 is 19.4 Å². The Bertz CT molecular complexity index is 1400. The van der Waals surface area contributed by atoms with Crippen LogP contribution in [0.25, 0.3) is 0 Å². The zero-order valence-electron chi connectivity index (χ0n) is 22.4. The molecule has 0 N–H and O–H groups in total. The van der Waals surface area contributed by atoms with Gasteiger partial charge in [-0.1, -0.05) is 23.7 Å². The van der Waals surface area contributed by atoms with Crippen LogP contribution in [-0.2, 0) is 4.79 Å². The summed E-state index contributed by atoms with van der Waals surface area (Å²) < 4.78 is 31.9. The number of amides is 3. The van der Waals surface area contributed by atoms with Crippen molar-refractivity contribution in [3.63, 3.8) is 0 Å². The fourth-order valence-corrected chi connectivity index (χ4v) is 5.59. The molecule has 2 aliphatic heterocycles. The summed E-state index contributed by atoms with van der Waals surface area (Å²) in [5.41, 5.74) is 1.10. The first-order valence-electron chi connectivity index (χ1n) is 13.3. The van der Waals surface area contributed by atoms with Crippen LogP contribution in [0, 0.1) is 17.6 Å². The van der Waals surface area contributed by atoms with Gasteiger partial charge in [0.25, 0.3) is 5.91 Å². The molecule has 0 bridgehead atoms. The van der Waals surface area contributed by atoms with Crippen LogP contribution in [0.15, 0.2) is 66.9 Å². The number of aromatic nitrogens is 1. The Morgan fingerprint density at radius 3 is 2.20 bits per heavy atom. The van der Waals surface area contributed by atoms with E-state index >= 15 is 0 Å². The van der Waals surface area contributed by atoms with E-state index in [1.54, 1.807) is 29.0 Å². The normalized spacial score (nSPS) is 19.2. The van der Waals surface area contributed by atoms with Gasteiger partial charge in [0.2, 0.25) is 5.91 Å². The van der Waals surface area contributed by atoms with E-state index in [1.165, 1.54) is 41.3 Å². The van der Waals surface area contributed by atoms with Gasteiger partial charge in [-0.3, -0.25) is 9.59 Å². The summed E-state index contributed by atoms with van der Waals surface area (Å²) in [6.07, 6.45) is 1.37. The monoisotopic (exact) mass is 582 g/mol. The largest absolute Gasteiger partial charge is 0.415 e. The molecule has 8 nitrogen and oxygen atoms in total. The van der Waals surface area contributed by atoms with E-state index in [1.807, 2.05) is 12.1 Å². The van der Waals surface area contributed by atoms with Gasteiger partial charge in [-0.05, 0) is 66.9 Å². The van der Waals surface area contributed by atoms with Crippen LogP contribution < -0.4 is 4.74 Å². The van der Waals surface area contributed by atoms with Crippen molar-refractivity contribution in [2.75, 3.05) is 33.2 Å². The number of pyridine rings is 1. The topological polar surface area (TPSA) is 83.0 Å². The molecule has 1 aromatic heterocycles. The summed E-state index contributed by atoms with van der Waals surface area (Å²) in [7, 11) is 1.63. The van der Waals surface area contributed by atoms with Gasteiger partial charge >= 0.3 is 6.09 Å². The van der Waals surface area contributed by atoms with E-state index in [-0.39, 0.29) is 41.1 Å². The summed E-state index contributed by atoms with van der Waals surface area (Å²) in [6.45, 7) is 1.48. The molecule has 0 saturated carbocycles. The second kappa shape index (κ2) is 12.2. The molecular formula is C30H29ClF2N4O4. The molecule has 2 atom stereocenters. The molecular weight excluding hydrogens is 554 g/mol. The Balaban J connectivity index is 1.26. The predicted octanol–water partition coefficient (Wildman–Crippen LogP) is 4.99. The molecule has 0 radical (unpaired) electrons. The van der Waals surface area contributed by atoms with E-state index in [2.05, 4.69) is 4.98 Å². The number of benzene rings is 2. The highest BCUT2D eigenvalue weighted by molar-refractivity contribution is 6.30. The summed E-state index contributed by atoms with van der Waals surface area (Å²) >= 11 is 6.11. The predicted molar refractivity (Wildman–Crippen MR) is 148 cm³/mol. The van der Waals surface area contributed by atoms with Crippen LogP contribution >= 0.6 is 11.6 Å². The summed E-state index contributed by atoms with van der Waals surface area (Å²) in [4.78, 5) is 48.2. The number of halogens is 3. The maximum absolute atomic E-state index is 13.7. The molecule has 2 aromatic carbocycles. The van der Waals surface area contributed by atoms with Gasteiger partial charge in [-0.15, -0.1) is 0 Å². The lowest BCUT2D eigenvalue weighted by Gasteiger charge is -2.33. The van der Waals surface area contributed by atoms with Crippen molar-refractivity contribution in [3.05, 3.63) is 94.8 Å². The Hall–Kier alpha value is -4.05. The first kappa shape index (κ1) is 28.5. The van der Waals surface area contributed by atoms with Crippen LogP contribution in [-0.4, -0.2) is 76.9 Å². The van der Waals surface area contributed by atoms with Gasteiger partial charge in [0, 0.05) is 50.1 Å². The number of rotatable bonds is 5. The molecule has 3 heterocycles.